The van der Waals surface area contributed by atoms with Gasteiger partial charge in [-0.25, -0.2) is 4.79 Å². The molecule has 20 heavy (non-hydrogen) atoms. The van der Waals surface area contributed by atoms with Crippen LogP contribution < -0.4 is 0 Å². The van der Waals surface area contributed by atoms with Crippen LogP contribution in [0.2, 0.25) is 0 Å². The van der Waals surface area contributed by atoms with Crippen molar-refractivity contribution >= 4 is 17.7 Å². The predicted molar refractivity (Wildman–Crippen MR) is 72.9 cm³/mol. The third kappa shape index (κ3) is 2.62. The van der Waals surface area contributed by atoms with Crippen LogP contribution in [-0.4, -0.2) is 67.3 Å². The maximum Gasteiger partial charge on any atom is 0.410 e. The maximum absolute atomic E-state index is 12.3. The molecular weight excluding hydrogens is 286 g/mol. The van der Waals surface area contributed by atoms with E-state index in [4.69, 9.17) is 30.5 Å². The van der Waals surface area contributed by atoms with Crippen molar-refractivity contribution in [1.29, 1.82) is 0 Å². The SMILES string of the molecule is COC1(OC)COC2C1N(C(=O)OC(C)(C)C)C[C@H]2Cl. The van der Waals surface area contributed by atoms with Gasteiger partial charge in [-0.3, -0.25) is 4.90 Å². The number of hydrogen-bond acceptors (Lipinski definition) is 5. The van der Waals surface area contributed by atoms with Crippen LogP contribution in [0, 0.1) is 0 Å². The third-order valence-electron chi connectivity index (χ3n) is 3.62. The summed E-state index contributed by atoms with van der Waals surface area (Å²) in [6, 6.07) is -0.408. The molecule has 1 amide bonds. The number of hydrogen-bond donors (Lipinski definition) is 0. The van der Waals surface area contributed by atoms with Gasteiger partial charge >= 0.3 is 6.09 Å². The number of carbonyl (C=O) groups is 1. The summed E-state index contributed by atoms with van der Waals surface area (Å²) in [7, 11) is 3.06. The average molecular weight is 308 g/mol. The molecular formula is C13H22ClNO5. The average Bonchev–Trinajstić information content (AvgIpc) is 2.87. The first kappa shape index (κ1) is 15.8. The van der Waals surface area contributed by atoms with Gasteiger partial charge in [0.1, 0.15) is 24.4 Å². The lowest BCUT2D eigenvalue weighted by Crippen LogP contribution is -2.55. The minimum absolute atomic E-state index is 0.234. The maximum atomic E-state index is 12.3. The minimum atomic E-state index is -0.995. The van der Waals surface area contributed by atoms with Crippen molar-refractivity contribution in [3.8, 4) is 0 Å². The summed E-state index contributed by atoms with van der Waals surface area (Å²) in [5.74, 6) is -0.995. The topological polar surface area (TPSA) is 57.2 Å². The zero-order valence-electron chi connectivity index (χ0n) is 12.5. The van der Waals surface area contributed by atoms with Gasteiger partial charge in [-0.1, -0.05) is 0 Å². The van der Waals surface area contributed by atoms with Gasteiger partial charge in [0, 0.05) is 20.8 Å². The van der Waals surface area contributed by atoms with Gasteiger partial charge in [0.2, 0.25) is 5.79 Å². The number of alkyl halides is 1. The molecule has 0 bridgehead atoms. The van der Waals surface area contributed by atoms with E-state index in [1.54, 1.807) is 4.90 Å². The van der Waals surface area contributed by atoms with Crippen molar-refractivity contribution in [3.05, 3.63) is 0 Å². The molecule has 7 heteroatoms. The third-order valence-corrected chi connectivity index (χ3v) is 4.01. The van der Waals surface area contributed by atoms with E-state index in [1.165, 1.54) is 14.2 Å². The first-order chi connectivity index (χ1) is 9.24. The molecule has 2 unspecified atom stereocenters. The zero-order valence-corrected chi connectivity index (χ0v) is 13.3. The predicted octanol–water partition coefficient (Wildman–Crippen LogP) is 1.60. The summed E-state index contributed by atoms with van der Waals surface area (Å²) in [5.41, 5.74) is -0.570. The van der Waals surface area contributed by atoms with Gasteiger partial charge in [-0.05, 0) is 20.8 Å². The van der Waals surface area contributed by atoms with Gasteiger partial charge in [0.25, 0.3) is 0 Å². The standard InChI is InChI=1S/C13H22ClNO5/c1-12(2,3)20-11(16)15-6-8(14)9-10(15)13(17-4,18-5)7-19-9/h8-10H,6-7H2,1-5H3/t8-,9?,10?/m1/s1. The van der Waals surface area contributed by atoms with Crippen LogP contribution in [0.5, 0.6) is 0 Å². The van der Waals surface area contributed by atoms with E-state index in [0.717, 1.165) is 0 Å². The van der Waals surface area contributed by atoms with Gasteiger partial charge in [-0.15, -0.1) is 11.6 Å². The van der Waals surface area contributed by atoms with Crippen LogP contribution in [0.1, 0.15) is 20.8 Å². The minimum Gasteiger partial charge on any atom is -0.444 e. The highest BCUT2D eigenvalue weighted by molar-refractivity contribution is 6.21. The summed E-state index contributed by atoms with van der Waals surface area (Å²) in [6.07, 6.45) is -0.747. The highest BCUT2D eigenvalue weighted by Gasteiger charge is 2.61. The zero-order chi connectivity index (χ0) is 15.1. The monoisotopic (exact) mass is 307 g/mol. The molecule has 6 nitrogen and oxygen atoms in total. The summed E-state index contributed by atoms with van der Waals surface area (Å²) in [4.78, 5) is 13.9. The normalized spacial score (nSPS) is 32.3. The van der Waals surface area contributed by atoms with E-state index in [1.807, 2.05) is 20.8 Å². The van der Waals surface area contributed by atoms with Crippen LogP contribution in [0.4, 0.5) is 4.79 Å². The van der Waals surface area contributed by atoms with E-state index >= 15 is 0 Å². The van der Waals surface area contributed by atoms with Gasteiger partial charge in [-0.2, -0.15) is 0 Å². The fourth-order valence-electron chi connectivity index (χ4n) is 2.71. The van der Waals surface area contributed by atoms with E-state index in [-0.39, 0.29) is 18.1 Å². The van der Waals surface area contributed by atoms with Crippen molar-refractivity contribution in [2.75, 3.05) is 27.4 Å². The number of ether oxygens (including phenoxy) is 4. The molecule has 0 saturated carbocycles. The second kappa shape index (κ2) is 5.33. The molecule has 2 aliphatic rings. The van der Waals surface area contributed by atoms with Crippen molar-refractivity contribution in [3.63, 3.8) is 0 Å². The Kier molecular flexibility index (Phi) is 4.22. The molecule has 0 aliphatic carbocycles. The van der Waals surface area contributed by atoms with Gasteiger partial charge < -0.3 is 18.9 Å². The van der Waals surface area contributed by atoms with Crippen molar-refractivity contribution in [2.45, 2.75) is 49.7 Å². The number of nitrogens with zero attached hydrogens (tertiary/aromatic N) is 1. The van der Waals surface area contributed by atoms with Crippen molar-refractivity contribution in [1.82, 2.24) is 4.90 Å². The molecule has 2 heterocycles. The van der Waals surface area contributed by atoms with Gasteiger partial charge in [0.15, 0.2) is 0 Å². The summed E-state index contributed by atoms with van der Waals surface area (Å²) >= 11 is 6.28. The molecule has 0 spiro atoms. The molecule has 2 fully saturated rings. The van der Waals surface area contributed by atoms with E-state index in [2.05, 4.69) is 0 Å². The number of likely N-dealkylation sites (tertiary alicyclic amines) is 1. The van der Waals surface area contributed by atoms with Crippen LogP contribution in [0.15, 0.2) is 0 Å². The summed E-state index contributed by atoms with van der Waals surface area (Å²) in [5, 5.41) is -0.306. The highest BCUT2D eigenvalue weighted by Crippen LogP contribution is 2.41. The first-order valence-corrected chi connectivity index (χ1v) is 7.03. The number of carbonyl (C=O) groups excluding carboxylic acids is 1. The Morgan fingerprint density at radius 3 is 2.45 bits per heavy atom. The van der Waals surface area contributed by atoms with Crippen molar-refractivity contribution in [2.24, 2.45) is 0 Å². The molecule has 2 rings (SSSR count). The Morgan fingerprint density at radius 1 is 1.35 bits per heavy atom. The lowest BCUT2D eigenvalue weighted by molar-refractivity contribution is -0.224. The smallest absolute Gasteiger partial charge is 0.410 e. The van der Waals surface area contributed by atoms with E-state index in [9.17, 15) is 4.79 Å². The van der Waals surface area contributed by atoms with Crippen LogP contribution in [0.3, 0.4) is 0 Å². The quantitative estimate of drug-likeness (QED) is 0.573. The fraction of sp³-hybridized carbons (Fsp3) is 0.923. The molecule has 3 atom stereocenters. The largest absolute Gasteiger partial charge is 0.444 e. The molecule has 2 saturated heterocycles. The molecule has 116 valence electrons. The van der Waals surface area contributed by atoms with E-state index in [0.29, 0.717) is 6.54 Å². The fourth-order valence-corrected chi connectivity index (χ4v) is 3.07. The number of rotatable bonds is 2. The highest BCUT2D eigenvalue weighted by atomic mass is 35.5. The Balaban J connectivity index is 2.23. The second-order valence-electron chi connectivity index (χ2n) is 6.09. The molecule has 0 radical (unpaired) electrons. The summed E-state index contributed by atoms with van der Waals surface area (Å²) < 4.78 is 22.0. The molecule has 2 aliphatic heterocycles. The number of fused-ring (bicyclic) bond motifs is 1. The lowest BCUT2D eigenvalue weighted by atomic mass is 10.1. The molecule has 0 N–H and O–H groups in total. The Hall–Kier alpha value is -0.560. The second-order valence-corrected chi connectivity index (χ2v) is 6.65. The number of amides is 1. The summed E-state index contributed by atoms with van der Waals surface area (Å²) in [6.45, 7) is 6.04. The lowest BCUT2D eigenvalue weighted by Gasteiger charge is -2.36. The number of methoxy groups -OCH3 is 2. The van der Waals surface area contributed by atoms with Crippen LogP contribution >= 0.6 is 11.6 Å². The first-order valence-electron chi connectivity index (χ1n) is 6.59. The van der Waals surface area contributed by atoms with Crippen molar-refractivity contribution < 1.29 is 23.7 Å². The number of halogens is 1. The molecule has 0 aromatic carbocycles. The Bertz CT molecular complexity index is 379. The van der Waals surface area contributed by atoms with Crippen LogP contribution in [0.25, 0.3) is 0 Å². The van der Waals surface area contributed by atoms with Gasteiger partial charge in [0.05, 0.1) is 5.38 Å². The Labute approximate surface area is 124 Å². The van der Waals surface area contributed by atoms with E-state index < -0.39 is 23.5 Å². The molecule has 0 aromatic rings. The molecule has 0 aromatic heterocycles. The Morgan fingerprint density at radius 2 is 1.95 bits per heavy atom. The van der Waals surface area contributed by atoms with Crippen LogP contribution in [-0.2, 0) is 18.9 Å².